The maximum atomic E-state index is 11.3. The number of azo groups is 1. The summed E-state index contributed by atoms with van der Waals surface area (Å²) in [5.41, 5.74) is 2.03. The Morgan fingerprint density at radius 2 is 1.44 bits per heavy atom. The minimum Gasteiger partial charge on any atom is -0.350 e. The van der Waals surface area contributed by atoms with Crippen molar-refractivity contribution in [3.05, 3.63) is 67.2 Å². The van der Waals surface area contributed by atoms with Gasteiger partial charge in [-0.05, 0) is 36.4 Å². The van der Waals surface area contributed by atoms with Crippen LogP contribution in [-0.4, -0.2) is 5.91 Å². The molecule has 0 atom stereocenters. The van der Waals surface area contributed by atoms with Crippen LogP contribution < -0.4 is 5.32 Å². The highest BCUT2D eigenvalue weighted by atomic mass is 16.1. The predicted octanol–water partition coefficient (Wildman–Crippen LogP) is 3.62. The molecule has 0 unspecified atom stereocenters. The van der Waals surface area contributed by atoms with Gasteiger partial charge in [0.05, 0.1) is 11.4 Å². The second-order valence-corrected chi connectivity index (χ2v) is 3.59. The number of hydrogen-bond donors (Lipinski definition) is 1. The van der Waals surface area contributed by atoms with Crippen LogP contribution in [0.5, 0.6) is 0 Å². The van der Waals surface area contributed by atoms with Gasteiger partial charge in [0.2, 0.25) is 0 Å². The second-order valence-electron chi connectivity index (χ2n) is 3.59. The number of carbonyl (C=O) groups is 1. The molecular weight excluding hydrogens is 226 g/mol. The Bertz CT molecular complexity index is 547. The van der Waals surface area contributed by atoms with Crippen LogP contribution in [0.25, 0.3) is 0 Å². The van der Waals surface area contributed by atoms with E-state index in [2.05, 4.69) is 22.6 Å². The summed E-state index contributed by atoms with van der Waals surface area (Å²) in [7, 11) is 3.32. The summed E-state index contributed by atoms with van der Waals surface area (Å²) in [6.45, 7) is 0. The van der Waals surface area contributed by atoms with Crippen LogP contribution in [0.3, 0.4) is 0 Å². The molecule has 0 spiro atoms. The predicted molar refractivity (Wildman–Crippen MR) is 69.9 cm³/mol. The Balaban J connectivity index is 2.11. The summed E-state index contributed by atoms with van der Waals surface area (Å²) in [5, 5.41) is 10.5. The molecule has 2 aromatic rings. The van der Waals surface area contributed by atoms with E-state index in [-0.39, 0.29) is 5.91 Å². The van der Waals surface area contributed by atoms with E-state index < -0.39 is 0 Å². The average molecular weight is 238 g/mol. The highest BCUT2D eigenvalue weighted by Gasteiger charge is 2.01. The molecule has 0 aliphatic rings. The third-order valence-electron chi connectivity index (χ3n) is 2.33. The minimum atomic E-state index is -0.221. The van der Waals surface area contributed by atoms with Crippen molar-refractivity contribution in [2.75, 3.05) is 0 Å². The second kappa shape index (κ2) is 5.72. The molecule has 0 saturated carbocycles. The van der Waals surface area contributed by atoms with Crippen LogP contribution in [0.1, 0.15) is 10.4 Å². The highest BCUT2D eigenvalue weighted by Crippen LogP contribution is 2.18. The molecule has 0 fully saturated rings. The number of nitrogens with one attached hydrogen (secondary N) is 1. The summed E-state index contributed by atoms with van der Waals surface area (Å²) in [6.07, 6.45) is 0. The first-order valence-electron chi connectivity index (χ1n) is 5.44. The maximum Gasteiger partial charge on any atom is 0.251 e. The Labute approximate surface area is 105 Å². The first kappa shape index (κ1) is 12.0. The summed E-state index contributed by atoms with van der Waals surface area (Å²) >= 11 is 0. The van der Waals surface area contributed by atoms with Gasteiger partial charge in [0.15, 0.2) is 0 Å². The fourth-order valence-electron chi connectivity index (χ4n) is 1.39. The Kier molecular flexibility index (Phi) is 3.81. The lowest BCUT2D eigenvalue weighted by atomic mass is 10.2. The van der Waals surface area contributed by atoms with E-state index in [9.17, 15) is 4.79 Å². The van der Waals surface area contributed by atoms with Crippen molar-refractivity contribution in [1.82, 2.24) is 5.32 Å². The lowest BCUT2D eigenvalue weighted by Crippen LogP contribution is -2.14. The largest absolute Gasteiger partial charge is 0.350 e. The average Bonchev–Trinajstić information content (AvgIpc) is 2.46. The van der Waals surface area contributed by atoms with E-state index in [0.717, 1.165) is 5.69 Å². The molecule has 0 saturated heterocycles. The van der Waals surface area contributed by atoms with Crippen molar-refractivity contribution in [2.45, 2.75) is 0 Å². The zero-order chi connectivity index (χ0) is 12.8. The Morgan fingerprint density at radius 3 is 2.00 bits per heavy atom. The van der Waals surface area contributed by atoms with Crippen molar-refractivity contribution in [1.29, 1.82) is 0 Å². The van der Waals surface area contributed by atoms with E-state index in [1.165, 1.54) is 0 Å². The molecule has 2 aromatic carbocycles. The van der Waals surface area contributed by atoms with E-state index in [0.29, 0.717) is 11.3 Å². The SMILES string of the molecule is [CH2]NC(=O)c1ccc(/N=N/c2ccccc2)cc1. The highest BCUT2D eigenvalue weighted by molar-refractivity contribution is 5.94. The van der Waals surface area contributed by atoms with Gasteiger partial charge >= 0.3 is 0 Å². The molecule has 89 valence electrons. The first-order chi connectivity index (χ1) is 8.79. The minimum absolute atomic E-state index is 0.221. The van der Waals surface area contributed by atoms with Gasteiger partial charge < -0.3 is 5.32 Å². The van der Waals surface area contributed by atoms with E-state index in [4.69, 9.17) is 0 Å². The fourth-order valence-corrected chi connectivity index (χ4v) is 1.39. The first-order valence-corrected chi connectivity index (χ1v) is 5.44. The third kappa shape index (κ3) is 3.01. The summed E-state index contributed by atoms with van der Waals surface area (Å²) in [6, 6.07) is 16.3. The lowest BCUT2D eigenvalue weighted by molar-refractivity contribution is 0.0969. The van der Waals surface area contributed by atoms with Crippen molar-refractivity contribution in [3.8, 4) is 0 Å². The molecule has 0 aliphatic carbocycles. The molecule has 4 heteroatoms. The standard InChI is InChI=1S/C14H12N3O/c1-15-14(18)11-7-9-13(10-8-11)17-16-12-5-3-2-4-6-12/h2-10H,1H2,(H,15,18)/b17-16+. The molecule has 0 bridgehead atoms. The molecule has 1 radical (unpaired) electrons. The monoisotopic (exact) mass is 238 g/mol. The van der Waals surface area contributed by atoms with Crippen molar-refractivity contribution < 1.29 is 4.79 Å². The number of rotatable bonds is 3. The Morgan fingerprint density at radius 1 is 0.889 bits per heavy atom. The van der Waals surface area contributed by atoms with Crippen molar-refractivity contribution in [3.63, 3.8) is 0 Å². The molecule has 0 heterocycles. The number of hydrogen-bond acceptors (Lipinski definition) is 3. The topological polar surface area (TPSA) is 53.8 Å². The molecule has 4 nitrogen and oxygen atoms in total. The van der Waals surface area contributed by atoms with Crippen molar-refractivity contribution in [2.24, 2.45) is 10.2 Å². The molecule has 18 heavy (non-hydrogen) atoms. The fraction of sp³-hybridized carbons (Fsp3) is 0. The van der Waals surface area contributed by atoms with E-state index in [1.54, 1.807) is 24.3 Å². The van der Waals surface area contributed by atoms with Crippen LogP contribution in [0.15, 0.2) is 64.8 Å². The zero-order valence-electron chi connectivity index (χ0n) is 9.71. The van der Waals surface area contributed by atoms with Gasteiger partial charge in [0, 0.05) is 12.6 Å². The van der Waals surface area contributed by atoms with Gasteiger partial charge in [-0.1, -0.05) is 18.2 Å². The van der Waals surface area contributed by atoms with E-state index >= 15 is 0 Å². The summed E-state index contributed by atoms with van der Waals surface area (Å²) < 4.78 is 0. The number of carbonyl (C=O) groups excluding carboxylic acids is 1. The van der Waals surface area contributed by atoms with Crippen molar-refractivity contribution >= 4 is 17.3 Å². The zero-order valence-corrected chi connectivity index (χ0v) is 9.71. The summed E-state index contributed by atoms with van der Waals surface area (Å²) in [4.78, 5) is 11.3. The lowest BCUT2D eigenvalue weighted by Gasteiger charge is -1.98. The van der Waals surface area contributed by atoms with E-state index in [1.807, 2.05) is 30.3 Å². The van der Waals surface area contributed by atoms with Gasteiger partial charge in [0.25, 0.3) is 5.91 Å². The van der Waals surface area contributed by atoms with Gasteiger partial charge in [-0.15, -0.1) is 0 Å². The normalized spacial score (nSPS) is 10.5. The number of nitrogens with zero attached hydrogens (tertiary/aromatic N) is 2. The van der Waals surface area contributed by atoms with Gasteiger partial charge in [0.1, 0.15) is 0 Å². The summed E-state index contributed by atoms with van der Waals surface area (Å²) in [5.74, 6) is -0.221. The van der Waals surface area contributed by atoms with Crippen LogP contribution in [0.2, 0.25) is 0 Å². The molecule has 0 aliphatic heterocycles. The Hall–Kier alpha value is -2.49. The molecule has 2 rings (SSSR count). The maximum absolute atomic E-state index is 11.3. The van der Waals surface area contributed by atoms with Crippen LogP contribution >= 0.6 is 0 Å². The quantitative estimate of drug-likeness (QED) is 0.816. The molecule has 1 N–H and O–H groups in total. The molecular formula is C14H12N3O. The van der Waals surface area contributed by atoms with Crippen LogP contribution in [0.4, 0.5) is 11.4 Å². The third-order valence-corrected chi connectivity index (χ3v) is 2.33. The number of amides is 1. The van der Waals surface area contributed by atoms with Gasteiger partial charge in [-0.25, -0.2) is 0 Å². The molecule has 1 amide bonds. The van der Waals surface area contributed by atoms with Gasteiger partial charge in [-0.3, -0.25) is 4.79 Å². The number of benzene rings is 2. The van der Waals surface area contributed by atoms with Gasteiger partial charge in [-0.2, -0.15) is 10.2 Å². The molecule has 0 aromatic heterocycles. The van der Waals surface area contributed by atoms with Crippen LogP contribution in [0, 0.1) is 7.05 Å². The van der Waals surface area contributed by atoms with Crippen LogP contribution in [-0.2, 0) is 0 Å². The smallest absolute Gasteiger partial charge is 0.251 e.